The number of carbonyl (C=O) groups excluding carboxylic acids is 2. The molecule has 2 N–H and O–H groups in total. The molecular weight excluding hydrogens is 392 g/mol. The van der Waals surface area contributed by atoms with Crippen LogP contribution in [0.15, 0.2) is 29.2 Å². The lowest BCUT2D eigenvalue weighted by atomic mass is 10.2. The van der Waals surface area contributed by atoms with Gasteiger partial charge in [-0.25, -0.2) is 8.42 Å². The van der Waals surface area contributed by atoms with E-state index in [0.29, 0.717) is 31.9 Å². The van der Waals surface area contributed by atoms with E-state index in [1.54, 1.807) is 30.1 Å². The van der Waals surface area contributed by atoms with Gasteiger partial charge in [0.05, 0.1) is 11.9 Å². The fourth-order valence-electron chi connectivity index (χ4n) is 3.48. The van der Waals surface area contributed by atoms with Crippen LogP contribution < -0.4 is 10.2 Å². The van der Waals surface area contributed by atoms with Gasteiger partial charge in [0, 0.05) is 31.9 Å². The Morgan fingerprint density at radius 2 is 1.76 bits per heavy atom. The standard InChI is InChI=1S/C20H32N4O4S/c1-4-23(5-2)20(26)16-22(3)15-19(25)21-17-10-9-11-18(14-17)29(27,28)24-12-7-6-8-13-24/h9-11,14H,4-8,12-13,15-16H2,1-3H3,(H,21,25)/p+1. The minimum atomic E-state index is -3.55. The molecule has 0 bridgehead atoms. The van der Waals surface area contributed by atoms with E-state index in [4.69, 9.17) is 0 Å². The van der Waals surface area contributed by atoms with Gasteiger partial charge in [-0.05, 0) is 44.9 Å². The third-order valence-electron chi connectivity index (χ3n) is 5.10. The summed E-state index contributed by atoms with van der Waals surface area (Å²) in [4.78, 5) is 27.2. The van der Waals surface area contributed by atoms with Gasteiger partial charge in [0.2, 0.25) is 10.0 Å². The second-order valence-corrected chi connectivity index (χ2v) is 9.36. The lowest BCUT2D eigenvalue weighted by Crippen LogP contribution is -3.11. The number of nitrogens with one attached hydrogen (secondary N) is 2. The normalized spacial score (nSPS) is 16.2. The highest BCUT2D eigenvalue weighted by molar-refractivity contribution is 7.89. The molecule has 1 aromatic rings. The van der Waals surface area contributed by atoms with E-state index >= 15 is 0 Å². The summed E-state index contributed by atoms with van der Waals surface area (Å²) in [5.41, 5.74) is 0.441. The highest BCUT2D eigenvalue weighted by Gasteiger charge is 2.26. The van der Waals surface area contributed by atoms with Crippen molar-refractivity contribution in [2.24, 2.45) is 0 Å². The lowest BCUT2D eigenvalue weighted by Gasteiger charge is -2.26. The van der Waals surface area contributed by atoms with Crippen molar-refractivity contribution in [3.8, 4) is 0 Å². The van der Waals surface area contributed by atoms with Crippen LogP contribution in [-0.2, 0) is 19.6 Å². The first kappa shape index (κ1) is 23.3. The molecule has 1 heterocycles. The average Bonchev–Trinajstić information content (AvgIpc) is 2.69. The maximum atomic E-state index is 12.8. The van der Waals surface area contributed by atoms with E-state index < -0.39 is 10.0 Å². The highest BCUT2D eigenvalue weighted by atomic mass is 32.2. The van der Waals surface area contributed by atoms with Gasteiger partial charge in [0.25, 0.3) is 11.8 Å². The Labute approximate surface area is 173 Å². The van der Waals surface area contributed by atoms with Gasteiger partial charge in [0.15, 0.2) is 13.1 Å². The second kappa shape index (κ2) is 10.7. The zero-order valence-electron chi connectivity index (χ0n) is 17.6. The zero-order chi connectivity index (χ0) is 21.4. The van der Waals surface area contributed by atoms with E-state index in [1.807, 2.05) is 13.8 Å². The van der Waals surface area contributed by atoms with Crippen LogP contribution in [-0.4, -0.2) is 75.8 Å². The molecule has 9 heteroatoms. The zero-order valence-corrected chi connectivity index (χ0v) is 18.4. The van der Waals surface area contributed by atoms with Crippen LogP contribution in [0.5, 0.6) is 0 Å². The predicted octanol–water partition coefficient (Wildman–Crippen LogP) is 0.183. The molecule has 2 amide bonds. The molecule has 1 aromatic carbocycles. The first-order chi connectivity index (χ1) is 13.8. The Balaban J connectivity index is 1.97. The van der Waals surface area contributed by atoms with Crippen molar-refractivity contribution in [1.29, 1.82) is 0 Å². The van der Waals surface area contributed by atoms with Crippen LogP contribution in [0.4, 0.5) is 5.69 Å². The predicted molar refractivity (Wildman–Crippen MR) is 112 cm³/mol. The van der Waals surface area contributed by atoms with Gasteiger partial charge in [-0.1, -0.05) is 12.5 Å². The third-order valence-corrected chi connectivity index (χ3v) is 7.00. The average molecular weight is 426 g/mol. The Morgan fingerprint density at radius 1 is 1.10 bits per heavy atom. The summed E-state index contributed by atoms with van der Waals surface area (Å²) in [5.74, 6) is -0.253. The molecule has 1 saturated heterocycles. The molecule has 0 spiro atoms. The number of quaternary nitrogens is 1. The first-order valence-corrected chi connectivity index (χ1v) is 11.7. The van der Waals surface area contributed by atoms with Crippen LogP contribution in [0.25, 0.3) is 0 Å². The van der Waals surface area contributed by atoms with Crippen molar-refractivity contribution in [2.45, 2.75) is 38.0 Å². The summed E-state index contributed by atoms with van der Waals surface area (Å²) >= 11 is 0. The van der Waals surface area contributed by atoms with E-state index in [1.165, 1.54) is 10.4 Å². The van der Waals surface area contributed by atoms with Crippen LogP contribution in [0.2, 0.25) is 0 Å². The number of hydrogen-bond acceptors (Lipinski definition) is 4. The van der Waals surface area contributed by atoms with E-state index in [2.05, 4.69) is 5.32 Å². The Kier molecular flexibility index (Phi) is 8.60. The quantitative estimate of drug-likeness (QED) is 0.591. The number of piperidine rings is 1. The summed E-state index contributed by atoms with van der Waals surface area (Å²) < 4.78 is 27.1. The van der Waals surface area contributed by atoms with Crippen molar-refractivity contribution in [1.82, 2.24) is 9.21 Å². The molecule has 0 aliphatic carbocycles. The highest BCUT2D eigenvalue weighted by Crippen LogP contribution is 2.22. The largest absolute Gasteiger partial charge is 0.338 e. The fraction of sp³-hybridized carbons (Fsp3) is 0.600. The van der Waals surface area contributed by atoms with E-state index in [0.717, 1.165) is 24.2 Å². The number of anilines is 1. The van der Waals surface area contributed by atoms with Crippen LogP contribution >= 0.6 is 0 Å². The number of sulfonamides is 1. The minimum absolute atomic E-state index is 0.00919. The van der Waals surface area contributed by atoms with Crippen LogP contribution in [0.3, 0.4) is 0 Å². The van der Waals surface area contributed by atoms with Crippen LogP contribution in [0, 0.1) is 0 Å². The summed E-state index contributed by atoms with van der Waals surface area (Å²) in [7, 11) is -1.76. The summed E-state index contributed by atoms with van der Waals surface area (Å²) in [6.07, 6.45) is 2.79. The minimum Gasteiger partial charge on any atom is -0.338 e. The van der Waals surface area contributed by atoms with Gasteiger partial charge in [-0.3, -0.25) is 9.59 Å². The van der Waals surface area contributed by atoms with Gasteiger partial charge in [0.1, 0.15) is 0 Å². The number of rotatable bonds is 9. The van der Waals surface area contributed by atoms with Crippen molar-refractivity contribution < 1.29 is 22.9 Å². The summed E-state index contributed by atoms with van der Waals surface area (Å²) in [6, 6.07) is 6.36. The molecule has 1 unspecified atom stereocenters. The molecule has 0 radical (unpaired) electrons. The smallest absolute Gasteiger partial charge is 0.279 e. The topological polar surface area (TPSA) is 91.2 Å². The third kappa shape index (κ3) is 6.52. The lowest BCUT2D eigenvalue weighted by molar-refractivity contribution is -0.862. The number of amides is 2. The molecule has 1 atom stereocenters. The molecule has 29 heavy (non-hydrogen) atoms. The van der Waals surface area contributed by atoms with Gasteiger partial charge < -0.3 is 15.1 Å². The van der Waals surface area contributed by atoms with Crippen LogP contribution in [0.1, 0.15) is 33.1 Å². The molecule has 1 aliphatic heterocycles. The number of nitrogens with zero attached hydrogens (tertiary/aromatic N) is 2. The molecule has 1 fully saturated rings. The molecule has 1 aliphatic rings. The van der Waals surface area contributed by atoms with Crippen molar-refractivity contribution in [2.75, 3.05) is 51.6 Å². The van der Waals surface area contributed by atoms with Gasteiger partial charge >= 0.3 is 0 Å². The van der Waals surface area contributed by atoms with Crippen molar-refractivity contribution in [3.05, 3.63) is 24.3 Å². The van der Waals surface area contributed by atoms with Crippen molar-refractivity contribution >= 4 is 27.5 Å². The maximum Gasteiger partial charge on any atom is 0.279 e. The molecule has 162 valence electrons. The Hall–Kier alpha value is -1.97. The van der Waals surface area contributed by atoms with Crippen molar-refractivity contribution in [3.63, 3.8) is 0 Å². The second-order valence-electron chi connectivity index (χ2n) is 7.42. The van der Waals surface area contributed by atoms with E-state index in [9.17, 15) is 18.0 Å². The number of benzene rings is 1. The SMILES string of the molecule is CCN(CC)C(=O)C[NH+](C)CC(=O)Nc1cccc(S(=O)(=O)N2CCCCC2)c1. The molecule has 0 saturated carbocycles. The fourth-order valence-corrected chi connectivity index (χ4v) is 5.04. The van der Waals surface area contributed by atoms with Gasteiger partial charge in [-0.15, -0.1) is 0 Å². The molecule has 0 aromatic heterocycles. The van der Waals surface area contributed by atoms with Gasteiger partial charge in [-0.2, -0.15) is 4.31 Å². The summed E-state index contributed by atoms with van der Waals surface area (Å²) in [5, 5.41) is 2.75. The summed E-state index contributed by atoms with van der Waals surface area (Å²) in [6.45, 7) is 6.57. The maximum absolute atomic E-state index is 12.8. The Morgan fingerprint density at radius 3 is 2.38 bits per heavy atom. The number of likely N-dealkylation sites (N-methyl/N-ethyl adjacent to an activating group) is 2. The first-order valence-electron chi connectivity index (χ1n) is 10.3. The van der Waals surface area contributed by atoms with E-state index in [-0.39, 0.29) is 29.8 Å². The molecule has 2 rings (SSSR count). The monoisotopic (exact) mass is 425 g/mol. The molecule has 8 nitrogen and oxygen atoms in total. The number of hydrogen-bond donors (Lipinski definition) is 2. The molecular formula is C20H33N4O4S+. The Bertz CT molecular complexity index is 802. The number of carbonyl (C=O) groups is 2.